The van der Waals surface area contributed by atoms with Gasteiger partial charge in [0.1, 0.15) is 5.82 Å². The maximum atomic E-state index is 5.13. The fourth-order valence-electron chi connectivity index (χ4n) is 1.82. The standard InChI is InChI=1S/C15H19N3O/c1-11-12(2)18-15(9-16-11)17-8-13-5-4-6-14(7-13)10-19-3/h4-7,9H,8,10H2,1-3H3,(H,17,18). The summed E-state index contributed by atoms with van der Waals surface area (Å²) in [7, 11) is 1.70. The van der Waals surface area contributed by atoms with Gasteiger partial charge in [-0.2, -0.15) is 0 Å². The SMILES string of the molecule is COCc1cccc(CNc2cnc(C)c(C)n2)c1. The lowest BCUT2D eigenvalue weighted by atomic mass is 10.1. The van der Waals surface area contributed by atoms with Gasteiger partial charge >= 0.3 is 0 Å². The molecule has 0 saturated heterocycles. The highest BCUT2D eigenvalue weighted by atomic mass is 16.5. The number of ether oxygens (including phenoxy) is 1. The van der Waals surface area contributed by atoms with Gasteiger partial charge in [-0.3, -0.25) is 4.98 Å². The van der Waals surface area contributed by atoms with Gasteiger partial charge in [-0.05, 0) is 25.0 Å². The minimum Gasteiger partial charge on any atom is -0.380 e. The van der Waals surface area contributed by atoms with E-state index in [1.54, 1.807) is 13.3 Å². The minimum atomic E-state index is 0.636. The van der Waals surface area contributed by atoms with Crippen LogP contribution < -0.4 is 5.32 Å². The molecule has 2 aromatic rings. The average Bonchev–Trinajstić information content (AvgIpc) is 2.41. The molecule has 0 atom stereocenters. The number of aryl methyl sites for hydroxylation is 2. The van der Waals surface area contributed by atoms with Crippen LogP contribution in [0.3, 0.4) is 0 Å². The van der Waals surface area contributed by atoms with Crippen LogP contribution >= 0.6 is 0 Å². The molecule has 0 aliphatic carbocycles. The first-order valence-electron chi connectivity index (χ1n) is 6.30. The van der Waals surface area contributed by atoms with Crippen molar-refractivity contribution in [2.45, 2.75) is 27.0 Å². The fraction of sp³-hybridized carbons (Fsp3) is 0.333. The first-order valence-corrected chi connectivity index (χ1v) is 6.30. The lowest BCUT2D eigenvalue weighted by Crippen LogP contribution is -2.04. The summed E-state index contributed by atoms with van der Waals surface area (Å²) < 4.78 is 5.13. The third kappa shape index (κ3) is 3.76. The predicted octanol–water partition coefficient (Wildman–Crippen LogP) is 2.85. The Balaban J connectivity index is 2.01. The van der Waals surface area contributed by atoms with Crippen molar-refractivity contribution in [2.24, 2.45) is 0 Å². The predicted molar refractivity (Wildman–Crippen MR) is 76.0 cm³/mol. The normalized spacial score (nSPS) is 10.5. The van der Waals surface area contributed by atoms with Crippen molar-refractivity contribution in [3.63, 3.8) is 0 Å². The van der Waals surface area contributed by atoms with Crippen LogP contribution in [0.5, 0.6) is 0 Å². The molecule has 0 saturated carbocycles. The van der Waals surface area contributed by atoms with Crippen molar-refractivity contribution < 1.29 is 4.74 Å². The molecule has 19 heavy (non-hydrogen) atoms. The Bertz CT molecular complexity index is 555. The zero-order valence-corrected chi connectivity index (χ0v) is 11.6. The number of rotatable bonds is 5. The second-order valence-corrected chi connectivity index (χ2v) is 4.53. The van der Waals surface area contributed by atoms with E-state index in [1.165, 1.54) is 11.1 Å². The molecule has 0 bridgehead atoms. The van der Waals surface area contributed by atoms with Gasteiger partial charge in [-0.15, -0.1) is 0 Å². The molecule has 0 fully saturated rings. The maximum Gasteiger partial charge on any atom is 0.145 e. The maximum absolute atomic E-state index is 5.13. The molecule has 0 spiro atoms. The number of hydrogen-bond acceptors (Lipinski definition) is 4. The van der Waals surface area contributed by atoms with Gasteiger partial charge in [0, 0.05) is 13.7 Å². The molecule has 4 nitrogen and oxygen atoms in total. The van der Waals surface area contributed by atoms with Crippen molar-refractivity contribution in [2.75, 3.05) is 12.4 Å². The molecule has 0 aliphatic rings. The van der Waals surface area contributed by atoms with Gasteiger partial charge < -0.3 is 10.1 Å². The fourth-order valence-corrected chi connectivity index (χ4v) is 1.82. The Labute approximate surface area is 113 Å². The summed E-state index contributed by atoms with van der Waals surface area (Å²) in [6.45, 7) is 5.29. The number of aromatic nitrogens is 2. The first-order chi connectivity index (χ1) is 9.19. The van der Waals surface area contributed by atoms with Crippen molar-refractivity contribution in [3.05, 3.63) is 53.0 Å². The number of nitrogens with one attached hydrogen (secondary N) is 1. The summed E-state index contributed by atoms with van der Waals surface area (Å²) in [6.07, 6.45) is 1.77. The first kappa shape index (κ1) is 13.5. The molecule has 0 unspecified atom stereocenters. The molecule has 0 amide bonds. The van der Waals surface area contributed by atoms with Gasteiger partial charge in [0.25, 0.3) is 0 Å². The highest BCUT2D eigenvalue weighted by molar-refractivity contribution is 5.35. The van der Waals surface area contributed by atoms with Crippen LogP contribution in [0.15, 0.2) is 30.5 Å². The van der Waals surface area contributed by atoms with Crippen LogP contribution in [0, 0.1) is 13.8 Å². The van der Waals surface area contributed by atoms with E-state index in [4.69, 9.17) is 4.74 Å². The average molecular weight is 257 g/mol. The second-order valence-electron chi connectivity index (χ2n) is 4.53. The van der Waals surface area contributed by atoms with E-state index < -0.39 is 0 Å². The Morgan fingerprint density at radius 1 is 1.16 bits per heavy atom. The van der Waals surface area contributed by atoms with E-state index in [-0.39, 0.29) is 0 Å². The Hall–Kier alpha value is -1.94. The van der Waals surface area contributed by atoms with Gasteiger partial charge in [0.05, 0.1) is 24.2 Å². The highest BCUT2D eigenvalue weighted by Crippen LogP contribution is 2.10. The number of nitrogens with zero attached hydrogens (tertiary/aromatic N) is 2. The van der Waals surface area contributed by atoms with Crippen molar-refractivity contribution in [3.8, 4) is 0 Å². The van der Waals surface area contributed by atoms with Crippen LogP contribution in [0.2, 0.25) is 0 Å². The van der Waals surface area contributed by atoms with E-state index >= 15 is 0 Å². The molecule has 1 N–H and O–H groups in total. The Morgan fingerprint density at radius 2 is 1.95 bits per heavy atom. The minimum absolute atomic E-state index is 0.636. The summed E-state index contributed by atoms with van der Waals surface area (Å²) in [5.74, 6) is 0.806. The molecule has 0 aliphatic heterocycles. The lowest BCUT2D eigenvalue weighted by molar-refractivity contribution is 0.185. The number of methoxy groups -OCH3 is 1. The molecule has 4 heteroatoms. The highest BCUT2D eigenvalue weighted by Gasteiger charge is 2.00. The van der Waals surface area contributed by atoms with Crippen LogP contribution in [-0.2, 0) is 17.9 Å². The van der Waals surface area contributed by atoms with Crippen LogP contribution in [0.1, 0.15) is 22.5 Å². The zero-order valence-electron chi connectivity index (χ0n) is 11.6. The van der Waals surface area contributed by atoms with E-state index in [0.29, 0.717) is 6.61 Å². The van der Waals surface area contributed by atoms with E-state index in [1.807, 2.05) is 19.9 Å². The monoisotopic (exact) mass is 257 g/mol. The molecular weight excluding hydrogens is 238 g/mol. The van der Waals surface area contributed by atoms with Crippen LogP contribution in [-0.4, -0.2) is 17.1 Å². The molecule has 1 aromatic heterocycles. The summed E-state index contributed by atoms with van der Waals surface area (Å²) in [4.78, 5) is 8.74. The topological polar surface area (TPSA) is 47.0 Å². The van der Waals surface area contributed by atoms with E-state index in [0.717, 1.165) is 23.8 Å². The third-order valence-corrected chi connectivity index (χ3v) is 2.97. The van der Waals surface area contributed by atoms with Crippen LogP contribution in [0.4, 0.5) is 5.82 Å². The molecule has 0 radical (unpaired) electrons. The number of anilines is 1. The second kappa shape index (κ2) is 6.29. The Kier molecular flexibility index (Phi) is 4.47. The van der Waals surface area contributed by atoms with Gasteiger partial charge in [0.15, 0.2) is 0 Å². The zero-order chi connectivity index (χ0) is 13.7. The van der Waals surface area contributed by atoms with Crippen LogP contribution in [0.25, 0.3) is 0 Å². The summed E-state index contributed by atoms with van der Waals surface area (Å²) >= 11 is 0. The van der Waals surface area contributed by atoms with E-state index in [2.05, 4.69) is 33.5 Å². The van der Waals surface area contributed by atoms with Crippen molar-refractivity contribution in [1.29, 1.82) is 0 Å². The quantitative estimate of drug-likeness (QED) is 0.894. The molecule has 1 heterocycles. The molecule has 100 valence electrons. The lowest BCUT2D eigenvalue weighted by Gasteiger charge is -2.08. The number of benzene rings is 1. The number of hydrogen-bond donors (Lipinski definition) is 1. The molecular formula is C15H19N3O. The summed E-state index contributed by atoms with van der Waals surface area (Å²) in [5.41, 5.74) is 4.30. The van der Waals surface area contributed by atoms with Gasteiger partial charge in [0.2, 0.25) is 0 Å². The van der Waals surface area contributed by atoms with Gasteiger partial charge in [-0.25, -0.2) is 4.98 Å². The Morgan fingerprint density at radius 3 is 2.68 bits per heavy atom. The summed E-state index contributed by atoms with van der Waals surface area (Å²) in [5, 5.41) is 3.28. The molecule has 2 rings (SSSR count). The molecule has 1 aromatic carbocycles. The largest absolute Gasteiger partial charge is 0.380 e. The van der Waals surface area contributed by atoms with Gasteiger partial charge in [-0.1, -0.05) is 24.3 Å². The van der Waals surface area contributed by atoms with E-state index in [9.17, 15) is 0 Å². The summed E-state index contributed by atoms with van der Waals surface area (Å²) in [6, 6.07) is 8.31. The van der Waals surface area contributed by atoms with Crippen molar-refractivity contribution in [1.82, 2.24) is 9.97 Å². The third-order valence-electron chi connectivity index (χ3n) is 2.97. The smallest absolute Gasteiger partial charge is 0.145 e. The van der Waals surface area contributed by atoms with Crippen molar-refractivity contribution >= 4 is 5.82 Å².